The van der Waals surface area contributed by atoms with Gasteiger partial charge in [0.15, 0.2) is 0 Å². The van der Waals surface area contributed by atoms with E-state index in [9.17, 15) is 13.9 Å². The summed E-state index contributed by atoms with van der Waals surface area (Å²) in [6.45, 7) is 2.52. The van der Waals surface area contributed by atoms with Gasteiger partial charge in [-0.15, -0.1) is 0 Å². The van der Waals surface area contributed by atoms with Crippen LogP contribution in [0.1, 0.15) is 49.8 Å². The number of benzene rings is 1. The van der Waals surface area contributed by atoms with E-state index in [0.29, 0.717) is 18.0 Å². The van der Waals surface area contributed by atoms with Gasteiger partial charge in [0.1, 0.15) is 0 Å². The number of alkyl halides is 2. The maximum absolute atomic E-state index is 12.7. The number of nitrogens with two attached hydrogens (primary N) is 1. The van der Waals surface area contributed by atoms with Gasteiger partial charge >= 0.3 is 0 Å². The predicted octanol–water partition coefficient (Wildman–Crippen LogP) is 3.42. The fraction of sp³-hybridized carbons (Fsp3) is 0.600. The highest BCUT2D eigenvalue weighted by Gasteiger charge is 2.42. The molecule has 0 aliphatic heterocycles. The Labute approximate surface area is 112 Å². The maximum atomic E-state index is 12.7. The van der Waals surface area contributed by atoms with E-state index >= 15 is 0 Å². The van der Waals surface area contributed by atoms with Gasteiger partial charge in [0, 0.05) is 17.5 Å². The van der Waals surface area contributed by atoms with E-state index in [4.69, 9.17) is 5.73 Å². The van der Waals surface area contributed by atoms with Crippen LogP contribution in [0.5, 0.6) is 0 Å². The molecule has 1 aliphatic rings. The van der Waals surface area contributed by atoms with Crippen molar-refractivity contribution in [2.45, 2.75) is 38.7 Å². The highest BCUT2D eigenvalue weighted by molar-refractivity contribution is 5.27. The lowest BCUT2D eigenvalue weighted by atomic mass is 9.76. The van der Waals surface area contributed by atoms with Crippen molar-refractivity contribution in [3.63, 3.8) is 0 Å². The van der Waals surface area contributed by atoms with Crippen molar-refractivity contribution in [3.05, 3.63) is 35.4 Å². The van der Waals surface area contributed by atoms with E-state index < -0.39 is 12.5 Å². The van der Waals surface area contributed by atoms with Gasteiger partial charge < -0.3 is 10.8 Å². The largest absolute Gasteiger partial charge is 0.388 e. The lowest BCUT2D eigenvalue weighted by molar-refractivity contribution is 0.0305. The normalized spacial score (nSPS) is 28.8. The van der Waals surface area contributed by atoms with Crippen molar-refractivity contribution >= 4 is 0 Å². The Hall–Kier alpha value is -1.00. The minimum Gasteiger partial charge on any atom is -0.388 e. The average molecular weight is 269 g/mol. The lowest BCUT2D eigenvalue weighted by Crippen LogP contribution is -2.34. The predicted molar refractivity (Wildman–Crippen MR) is 70.9 cm³/mol. The van der Waals surface area contributed by atoms with Gasteiger partial charge in [-0.2, -0.15) is 0 Å². The van der Waals surface area contributed by atoms with Crippen LogP contribution < -0.4 is 5.73 Å². The van der Waals surface area contributed by atoms with Crippen molar-refractivity contribution in [1.82, 2.24) is 0 Å². The van der Waals surface area contributed by atoms with E-state index in [0.717, 1.165) is 19.3 Å². The number of rotatable bonds is 4. The Morgan fingerprint density at radius 2 is 2.11 bits per heavy atom. The second-order valence-electron chi connectivity index (χ2n) is 5.79. The third-order valence-corrected chi connectivity index (χ3v) is 4.35. The Kier molecular flexibility index (Phi) is 4.21. The molecule has 0 radical (unpaired) electrons. The molecule has 0 aromatic heterocycles. The molecule has 4 heteroatoms. The fourth-order valence-electron chi connectivity index (χ4n) is 3.20. The van der Waals surface area contributed by atoms with Crippen molar-refractivity contribution in [1.29, 1.82) is 0 Å². The van der Waals surface area contributed by atoms with Gasteiger partial charge in [0.05, 0.1) is 6.10 Å². The third kappa shape index (κ3) is 2.79. The Morgan fingerprint density at radius 3 is 2.63 bits per heavy atom. The number of aliphatic hydroxyl groups excluding tert-OH is 1. The van der Waals surface area contributed by atoms with Crippen molar-refractivity contribution in [2.24, 2.45) is 17.1 Å². The summed E-state index contributed by atoms with van der Waals surface area (Å²) >= 11 is 0. The lowest BCUT2D eigenvalue weighted by Gasteiger charge is -2.33. The molecule has 1 fully saturated rings. The van der Waals surface area contributed by atoms with Crippen LogP contribution in [0.2, 0.25) is 0 Å². The Balaban J connectivity index is 2.27. The highest BCUT2D eigenvalue weighted by Crippen LogP contribution is 2.49. The summed E-state index contributed by atoms with van der Waals surface area (Å²) in [4.78, 5) is 0. The number of halogens is 2. The van der Waals surface area contributed by atoms with Crippen LogP contribution in [0.15, 0.2) is 24.3 Å². The van der Waals surface area contributed by atoms with Crippen LogP contribution in [0.25, 0.3) is 0 Å². The summed E-state index contributed by atoms with van der Waals surface area (Å²) in [6.07, 6.45) is -0.540. The van der Waals surface area contributed by atoms with Crippen LogP contribution in [-0.4, -0.2) is 11.7 Å². The zero-order valence-electron chi connectivity index (χ0n) is 11.2. The summed E-state index contributed by atoms with van der Waals surface area (Å²) in [5, 5.41) is 10.6. The molecule has 1 aromatic carbocycles. The molecule has 2 rings (SSSR count). The molecule has 0 saturated heterocycles. The molecule has 0 heterocycles. The van der Waals surface area contributed by atoms with E-state index in [2.05, 4.69) is 6.92 Å². The molecule has 106 valence electrons. The molecule has 3 N–H and O–H groups in total. The van der Waals surface area contributed by atoms with Crippen LogP contribution in [0.3, 0.4) is 0 Å². The first-order valence-corrected chi connectivity index (χ1v) is 6.74. The summed E-state index contributed by atoms with van der Waals surface area (Å²) < 4.78 is 25.4. The van der Waals surface area contributed by atoms with Gasteiger partial charge in [-0.05, 0) is 30.4 Å². The smallest absolute Gasteiger partial charge is 0.263 e. The summed E-state index contributed by atoms with van der Waals surface area (Å²) in [5.74, 6) is 0.525. The fourth-order valence-corrected chi connectivity index (χ4v) is 3.20. The van der Waals surface area contributed by atoms with Crippen LogP contribution in [-0.2, 0) is 0 Å². The van der Waals surface area contributed by atoms with Gasteiger partial charge in [-0.1, -0.05) is 31.5 Å². The summed E-state index contributed by atoms with van der Waals surface area (Å²) in [7, 11) is 0. The molecule has 19 heavy (non-hydrogen) atoms. The van der Waals surface area contributed by atoms with E-state index in [1.807, 2.05) is 0 Å². The van der Waals surface area contributed by atoms with Gasteiger partial charge in [0.25, 0.3) is 6.43 Å². The van der Waals surface area contributed by atoms with Crippen molar-refractivity contribution < 1.29 is 13.9 Å². The molecule has 0 spiro atoms. The molecular formula is C15H21F2NO. The van der Waals surface area contributed by atoms with Crippen LogP contribution in [0, 0.1) is 11.3 Å². The van der Waals surface area contributed by atoms with Crippen LogP contribution >= 0.6 is 0 Å². The minimum absolute atomic E-state index is 0.0465. The first-order chi connectivity index (χ1) is 8.98. The molecule has 3 atom stereocenters. The zero-order chi connectivity index (χ0) is 14.0. The standard InChI is InChI=1S/C15H21F2NO/c1-10-5-6-15(8-10,9-18)13(19)11-3-2-4-12(7-11)14(16)17/h2-4,7,10,13-14,19H,5-6,8-9,18H2,1H3. The molecule has 1 aromatic rings. The SMILES string of the molecule is CC1CCC(CN)(C(O)c2cccc(C(F)F)c2)C1. The average Bonchev–Trinajstić information content (AvgIpc) is 2.81. The van der Waals surface area contributed by atoms with E-state index in [-0.39, 0.29) is 11.0 Å². The third-order valence-electron chi connectivity index (χ3n) is 4.35. The van der Waals surface area contributed by atoms with Crippen molar-refractivity contribution in [2.75, 3.05) is 6.54 Å². The first-order valence-electron chi connectivity index (χ1n) is 6.74. The first kappa shape index (κ1) is 14.4. The second-order valence-corrected chi connectivity index (χ2v) is 5.79. The summed E-state index contributed by atoms with van der Waals surface area (Å²) in [5.41, 5.74) is 6.00. The minimum atomic E-state index is -2.51. The quantitative estimate of drug-likeness (QED) is 0.879. The zero-order valence-corrected chi connectivity index (χ0v) is 11.2. The number of hydrogen-bond acceptors (Lipinski definition) is 2. The Morgan fingerprint density at radius 1 is 1.42 bits per heavy atom. The summed E-state index contributed by atoms with van der Waals surface area (Å²) in [6, 6.07) is 6.06. The van der Waals surface area contributed by atoms with Crippen LogP contribution in [0.4, 0.5) is 8.78 Å². The molecule has 1 saturated carbocycles. The van der Waals surface area contributed by atoms with Crippen molar-refractivity contribution in [3.8, 4) is 0 Å². The van der Waals surface area contributed by atoms with E-state index in [1.165, 1.54) is 12.1 Å². The van der Waals surface area contributed by atoms with Gasteiger partial charge in [-0.3, -0.25) is 0 Å². The molecule has 0 amide bonds. The molecular weight excluding hydrogens is 248 g/mol. The molecule has 3 unspecified atom stereocenters. The van der Waals surface area contributed by atoms with Gasteiger partial charge in [-0.25, -0.2) is 8.78 Å². The molecule has 0 bridgehead atoms. The topological polar surface area (TPSA) is 46.2 Å². The number of hydrogen-bond donors (Lipinski definition) is 2. The molecule has 2 nitrogen and oxygen atoms in total. The van der Waals surface area contributed by atoms with Gasteiger partial charge in [0.2, 0.25) is 0 Å². The molecule has 1 aliphatic carbocycles. The Bertz CT molecular complexity index is 438. The second kappa shape index (κ2) is 5.55. The maximum Gasteiger partial charge on any atom is 0.263 e. The monoisotopic (exact) mass is 269 g/mol. The highest BCUT2D eigenvalue weighted by atomic mass is 19.3. The van der Waals surface area contributed by atoms with E-state index in [1.54, 1.807) is 12.1 Å². The number of aliphatic hydroxyl groups is 1.